The van der Waals surface area contributed by atoms with Gasteiger partial charge in [-0.25, -0.2) is 0 Å². The van der Waals surface area contributed by atoms with Gasteiger partial charge in [-0.1, -0.05) is 67.2 Å². The average molecular weight is 363 g/mol. The van der Waals surface area contributed by atoms with E-state index in [0.29, 0.717) is 0 Å². The summed E-state index contributed by atoms with van der Waals surface area (Å²) >= 11 is 0. The summed E-state index contributed by atoms with van der Waals surface area (Å²) in [6, 6.07) is 0. The predicted molar refractivity (Wildman–Crippen MR) is 113 cm³/mol. The Morgan fingerprint density at radius 1 is 0.880 bits per heavy atom. The summed E-state index contributed by atoms with van der Waals surface area (Å²) in [5.74, 6) is 4.30. The lowest BCUT2D eigenvalue weighted by molar-refractivity contribution is 0.144. The maximum absolute atomic E-state index is 2.80. The number of unbranched alkanes of at least 4 members (excludes halogenated alkanes) is 1. The minimum Gasteiger partial charge on any atom is -0.0942 e. The van der Waals surface area contributed by atoms with Crippen molar-refractivity contribution in [3.63, 3.8) is 0 Å². The smallest absolute Gasteiger partial charge is 0.00844 e. The molecule has 7 atom stereocenters. The van der Waals surface area contributed by atoms with Crippen LogP contribution in [-0.2, 0) is 0 Å². The van der Waals surface area contributed by atoms with Crippen LogP contribution in [0.4, 0.5) is 0 Å². The van der Waals surface area contributed by atoms with Gasteiger partial charge in [0.25, 0.3) is 0 Å². The van der Waals surface area contributed by atoms with Gasteiger partial charge in [0.1, 0.15) is 0 Å². The van der Waals surface area contributed by atoms with E-state index in [-0.39, 0.29) is 7.92 Å². The monoisotopic (exact) mass is 362 g/mol. The molecular formula is C24H43P. The highest BCUT2D eigenvalue weighted by Crippen LogP contribution is 2.73. The number of rotatable bonds is 5. The van der Waals surface area contributed by atoms with E-state index >= 15 is 0 Å². The Kier molecular flexibility index (Phi) is 5.60. The Labute approximate surface area is 159 Å². The summed E-state index contributed by atoms with van der Waals surface area (Å²) in [6.07, 6.45) is 23.5. The van der Waals surface area contributed by atoms with Crippen molar-refractivity contribution in [3.05, 3.63) is 0 Å². The minimum absolute atomic E-state index is 0.204. The lowest BCUT2D eigenvalue weighted by Gasteiger charge is -2.60. The molecule has 4 saturated carbocycles. The molecule has 0 N–H and O–H groups in total. The molecule has 0 aliphatic heterocycles. The number of fused-ring (bicyclic) bond motifs is 4. The van der Waals surface area contributed by atoms with Gasteiger partial charge in [0.05, 0.1) is 0 Å². The largest absolute Gasteiger partial charge is 0.0942 e. The molecule has 0 saturated heterocycles. The SMILES string of the molecule is CCCCP(C12CCC[C@@H](C[C@@H](C)C1)C2)[C@@]1(C)C[C@@H]2CCC[C@@H](C2)C1. The van der Waals surface area contributed by atoms with E-state index in [1.807, 2.05) is 0 Å². The number of hydrogen-bond donors (Lipinski definition) is 0. The quantitative estimate of drug-likeness (QED) is 0.435. The lowest BCUT2D eigenvalue weighted by Crippen LogP contribution is -2.48. The molecule has 25 heavy (non-hydrogen) atoms. The summed E-state index contributed by atoms with van der Waals surface area (Å²) in [5, 5.41) is 1.53. The Bertz CT molecular complexity index is 441. The van der Waals surface area contributed by atoms with Gasteiger partial charge >= 0.3 is 0 Å². The molecule has 4 rings (SSSR count). The van der Waals surface area contributed by atoms with Gasteiger partial charge in [0.2, 0.25) is 0 Å². The molecule has 0 radical (unpaired) electrons. The van der Waals surface area contributed by atoms with Crippen LogP contribution < -0.4 is 0 Å². The first kappa shape index (κ1) is 18.8. The second kappa shape index (κ2) is 7.45. The average Bonchev–Trinajstić information content (AvgIpc) is 2.53. The Morgan fingerprint density at radius 3 is 2.28 bits per heavy atom. The second-order valence-electron chi connectivity index (χ2n) is 11.0. The molecule has 144 valence electrons. The molecule has 0 heterocycles. The molecule has 0 nitrogen and oxygen atoms in total. The van der Waals surface area contributed by atoms with Gasteiger partial charge in [-0.05, 0) is 91.5 Å². The summed E-state index contributed by atoms with van der Waals surface area (Å²) in [5.41, 5.74) is 0. The second-order valence-corrected chi connectivity index (χ2v) is 14.4. The first-order valence-corrected chi connectivity index (χ1v) is 13.3. The van der Waals surface area contributed by atoms with E-state index in [9.17, 15) is 0 Å². The maximum atomic E-state index is 2.80. The standard InChI is InChI=1S/C24H43P/c1-4-5-12-25(23(3)16-21-8-6-9-22(14-21)17-23)24-11-7-10-20(18-24)13-19(2)15-24/h19-22H,4-18H2,1-3H3/t19-,20+,21-,22+,23+,24?,25?/m1/s1. The van der Waals surface area contributed by atoms with Gasteiger partial charge in [-0.3, -0.25) is 0 Å². The fourth-order valence-electron chi connectivity index (χ4n) is 8.22. The summed E-state index contributed by atoms with van der Waals surface area (Å²) in [6.45, 7) is 7.82. The highest BCUT2D eigenvalue weighted by atomic mass is 31.1. The van der Waals surface area contributed by atoms with Gasteiger partial charge < -0.3 is 0 Å². The minimum atomic E-state index is 0.204. The van der Waals surface area contributed by atoms with Crippen molar-refractivity contribution < 1.29 is 0 Å². The Hall–Kier alpha value is 0.430. The molecule has 0 aromatic heterocycles. The lowest BCUT2D eigenvalue weighted by atomic mass is 9.67. The van der Waals surface area contributed by atoms with E-state index in [4.69, 9.17) is 0 Å². The van der Waals surface area contributed by atoms with Crippen molar-refractivity contribution in [1.82, 2.24) is 0 Å². The van der Waals surface area contributed by atoms with Crippen molar-refractivity contribution in [2.75, 3.05) is 6.16 Å². The van der Waals surface area contributed by atoms with E-state index < -0.39 is 0 Å². The summed E-state index contributed by atoms with van der Waals surface area (Å²) in [4.78, 5) is 0. The molecule has 0 spiro atoms. The molecule has 4 fully saturated rings. The van der Waals surface area contributed by atoms with Crippen molar-refractivity contribution in [2.24, 2.45) is 23.7 Å². The van der Waals surface area contributed by atoms with E-state index in [2.05, 4.69) is 20.8 Å². The number of hydrogen-bond acceptors (Lipinski definition) is 0. The Morgan fingerprint density at radius 2 is 1.56 bits per heavy atom. The molecule has 0 aromatic carbocycles. The summed E-state index contributed by atoms with van der Waals surface area (Å²) in [7, 11) is 0.204. The first-order chi connectivity index (χ1) is 12.0. The van der Waals surface area contributed by atoms with Crippen LogP contribution in [0.1, 0.15) is 111 Å². The molecule has 0 amide bonds. The van der Waals surface area contributed by atoms with Crippen molar-refractivity contribution in [3.8, 4) is 0 Å². The third kappa shape index (κ3) is 3.73. The van der Waals surface area contributed by atoms with E-state index in [0.717, 1.165) is 34.0 Å². The highest BCUT2D eigenvalue weighted by Gasteiger charge is 2.54. The summed E-state index contributed by atoms with van der Waals surface area (Å²) < 4.78 is 0. The fourth-order valence-corrected chi connectivity index (χ4v) is 13.4. The van der Waals surface area contributed by atoms with Crippen LogP contribution in [0.3, 0.4) is 0 Å². The van der Waals surface area contributed by atoms with Gasteiger partial charge in [-0.15, -0.1) is 0 Å². The predicted octanol–water partition coefficient (Wildman–Crippen LogP) is 7.99. The molecule has 1 heteroatoms. The maximum Gasteiger partial charge on any atom is -0.00844 e. The van der Waals surface area contributed by atoms with Gasteiger partial charge in [0.15, 0.2) is 0 Å². The molecule has 4 aliphatic carbocycles. The molecule has 2 unspecified atom stereocenters. The Balaban J connectivity index is 1.62. The van der Waals surface area contributed by atoms with Crippen LogP contribution in [0.15, 0.2) is 0 Å². The van der Waals surface area contributed by atoms with Crippen LogP contribution >= 0.6 is 7.92 Å². The zero-order valence-electron chi connectivity index (χ0n) is 17.4. The topological polar surface area (TPSA) is 0 Å². The molecule has 4 aliphatic rings. The molecule has 4 bridgehead atoms. The fraction of sp³-hybridized carbons (Fsp3) is 1.00. The van der Waals surface area contributed by atoms with E-state index in [1.165, 1.54) is 12.8 Å². The zero-order chi connectivity index (χ0) is 17.5. The van der Waals surface area contributed by atoms with Crippen LogP contribution in [-0.4, -0.2) is 16.5 Å². The van der Waals surface area contributed by atoms with Crippen LogP contribution in [0.25, 0.3) is 0 Å². The van der Waals surface area contributed by atoms with Gasteiger partial charge in [-0.2, -0.15) is 0 Å². The zero-order valence-corrected chi connectivity index (χ0v) is 18.3. The van der Waals surface area contributed by atoms with Crippen LogP contribution in [0, 0.1) is 23.7 Å². The molecular weight excluding hydrogens is 319 g/mol. The highest BCUT2D eigenvalue weighted by molar-refractivity contribution is 7.61. The van der Waals surface area contributed by atoms with E-state index in [1.54, 1.807) is 83.2 Å². The van der Waals surface area contributed by atoms with Crippen LogP contribution in [0.2, 0.25) is 0 Å². The third-order valence-corrected chi connectivity index (χ3v) is 12.9. The van der Waals surface area contributed by atoms with Crippen molar-refractivity contribution in [1.29, 1.82) is 0 Å². The first-order valence-electron chi connectivity index (χ1n) is 11.8. The third-order valence-electron chi connectivity index (χ3n) is 8.70. The molecule has 0 aromatic rings. The van der Waals surface area contributed by atoms with Crippen molar-refractivity contribution in [2.45, 2.75) is 121 Å². The normalized spacial score (nSPS) is 48.1. The van der Waals surface area contributed by atoms with Crippen molar-refractivity contribution >= 4 is 7.92 Å². The van der Waals surface area contributed by atoms with Gasteiger partial charge in [0, 0.05) is 0 Å². The van der Waals surface area contributed by atoms with Crippen LogP contribution in [0.5, 0.6) is 0 Å².